The molecule has 0 atom stereocenters. The molecule has 0 aliphatic carbocycles. The van der Waals surface area contributed by atoms with Gasteiger partial charge >= 0.3 is 0 Å². The Hall–Kier alpha value is -3.04. The van der Waals surface area contributed by atoms with Crippen molar-refractivity contribution in [1.82, 2.24) is 5.32 Å². The molecular formula is C24H25BrN2O5S. The van der Waals surface area contributed by atoms with Crippen LogP contribution in [0, 0.1) is 6.92 Å². The van der Waals surface area contributed by atoms with Gasteiger partial charge in [0.05, 0.1) is 29.3 Å². The summed E-state index contributed by atoms with van der Waals surface area (Å²) in [6, 6.07) is 18.7. The highest BCUT2D eigenvalue weighted by Crippen LogP contribution is 2.30. The third kappa shape index (κ3) is 6.06. The Bertz CT molecular complexity index is 1210. The fourth-order valence-corrected chi connectivity index (χ4v) is 5.23. The van der Waals surface area contributed by atoms with Crippen LogP contribution in [0.15, 0.2) is 76.1 Å². The summed E-state index contributed by atoms with van der Waals surface area (Å²) in [5.74, 6) is 0.794. The van der Waals surface area contributed by atoms with Gasteiger partial charge in [0, 0.05) is 6.54 Å². The molecule has 0 saturated heterocycles. The molecule has 0 aliphatic heterocycles. The predicted molar refractivity (Wildman–Crippen MR) is 131 cm³/mol. The molecule has 0 unspecified atom stereocenters. The smallest absolute Gasteiger partial charge is 0.264 e. The molecule has 0 fully saturated rings. The molecule has 3 aromatic carbocycles. The molecule has 0 aromatic heterocycles. The number of amides is 1. The fraction of sp³-hybridized carbons (Fsp3) is 0.208. The van der Waals surface area contributed by atoms with Crippen molar-refractivity contribution in [3.63, 3.8) is 0 Å². The molecule has 0 saturated carbocycles. The summed E-state index contributed by atoms with van der Waals surface area (Å²) in [4.78, 5) is 12.8. The monoisotopic (exact) mass is 532 g/mol. The number of halogens is 1. The average Bonchev–Trinajstić information content (AvgIpc) is 2.82. The van der Waals surface area contributed by atoms with Gasteiger partial charge in [0.1, 0.15) is 18.0 Å². The number of nitrogens with one attached hydrogen (secondary N) is 1. The van der Waals surface area contributed by atoms with Crippen LogP contribution in [0.25, 0.3) is 0 Å². The quantitative estimate of drug-likeness (QED) is 0.444. The fourth-order valence-electron chi connectivity index (χ4n) is 3.09. The van der Waals surface area contributed by atoms with Gasteiger partial charge in [-0.25, -0.2) is 8.42 Å². The molecule has 0 radical (unpaired) electrons. The Kier molecular flexibility index (Phi) is 7.99. The van der Waals surface area contributed by atoms with Crippen LogP contribution in [-0.2, 0) is 21.4 Å². The molecular weight excluding hydrogens is 508 g/mol. The number of methoxy groups -OCH3 is 2. The zero-order chi connectivity index (χ0) is 24.0. The predicted octanol–water partition coefficient (Wildman–Crippen LogP) is 4.29. The normalized spacial score (nSPS) is 11.0. The number of carbonyl (C=O) groups excluding carboxylic acids is 1. The second kappa shape index (κ2) is 10.7. The lowest BCUT2D eigenvalue weighted by Crippen LogP contribution is -2.40. The lowest BCUT2D eigenvalue weighted by molar-refractivity contribution is -0.119. The SMILES string of the molecule is COc1ccc(CNC(=O)CN(c2ccc(C)cc2)S(=O)(=O)c2ccc(OC)c(Br)c2)cc1. The van der Waals surface area contributed by atoms with Crippen LogP contribution in [0.5, 0.6) is 11.5 Å². The number of ether oxygens (including phenoxy) is 2. The first-order chi connectivity index (χ1) is 15.7. The number of hydrogen-bond acceptors (Lipinski definition) is 5. The van der Waals surface area contributed by atoms with Crippen molar-refractivity contribution in [3.05, 3.63) is 82.3 Å². The van der Waals surface area contributed by atoms with E-state index in [2.05, 4.69) is 21.2 Å². The summed E-state index contributed by atoms with van der Waals surface area (Å²) in [6.07, 6.45) is 0. The van der Waals surface area contributed by atoms with E-state index in [1.165, 1.54) is 19.2 Å². The van der Waals surface area contributed by atoms with E-state index >= 15 is 0 Å². The number of anilines is 1. The zero-order valence-electron chi connectivity index (χ0n) is 18.5. The van der Waals surface area contributed by atoms with Crippen LogP contribution in [0.3, 0.4) is 0 Å². The van der Waals surface area contributed by atoms with Crippen molar-refractivity contribution >= 4 is 37.5 Å². The second-order valence-corrected chi connectivity index (χ2v) is 9.99. The molecule has 7 nitrogen and oxygen atoms in total. The Morgan fingerprint density at radius 2 is 1.64 bits per heavy atom. The Morgan fingerprint density at radius 3 is 2.21 bits per heavy atom. The van der Waals surface area contributed by atoms with Crippen LogP contribution in [-0.4, -0.2) is 35.1 Å². The molecule has 0 aliphatic rings. The number of rotatable bonds is 9. The van der Waals surface area contributed by atoms with Crippen LogP contribution >= 0.6 is 15.9 Å². The maximum Gasteiger partial charge on any atom is 0.264 e. The van der Waals surface area contributed by atoms with E-state index in [-0.39, 0.29) is 18.0 Å². The van der Waals surface area contributed by atoms with Gasteiger partial charge in [-0.3, -0.25) is 9.10 Å². The Morgan fingerprint density at radius 1 is 0.970 bits per heavy atom. The van der Waals surface area contributed by atoms with Crippen LogP contribution < -0.4 is 19.1 Å². The summed E-state index contributed by atoms with van der Waals surface area (Å²) in [6.45, 7) is 1.80. The first kappa shape index (κ1) is 24.6. The number of nitrogens with zero attached hydrogens (tertiary/aromatic N) is 1. The number of aryl methyl sites for hydroxylation is 1. The lowest BCUT2D eigenvalue weighted by atomic mass is 10.2. The third-order valence-electron chi connectivity index (χ3n) is 4.97. The highest BCUT2D eigenvalue weighted by Gasteiger charge is 2.28. The summed E-state index contributed by atoms with van der Waals surface area (Å²) in [5, 5.41) is 2.79. The molecule has 1 N–H and O–H groups in total. The van der Waals surface area contributed by atoms with Crippen LogP contribution in [0.1, 0.15) is 11.1 Å². The third-order valence-corrected chi connectivity index (χ3v) is 7.36. The van der Waals surface area contributed by atoms with E-state index in [4.69, 9.17) is 9.47 Å². The maximum atomic E-state index is 13.5. The van der Waals surface area contributed by atoms with E-state index in [9.17, 15) is 13.2 Å². The Balaban J connectivity index is 1.85. The first-order valence-corrected chi connectivity index (χ1v) is 12.3. The summed E-state index contributed by atoms with van der Waals surface area (Å²) in [7, 11) is -0.949. The summed E-state index contributed by atoms with van der Waals surface area (Å²) < 4.78 is 39.0. The van der Waals surface area contributed by atoms with Crippen molar-refractivity contribution in [2.24, 2.45) is 0 Å². The molecule has 3 rings (SSSR count). The Labute approximate surface area is 202 Å². The van der Waals surface area contributed by atoms with Gasteiger partial charge in [-0.15, -0.1) is 0 Å². The van der Waals surface area contributed by atoms with E-state index in [1.54, 1.807) is 49.6 Å². The summed E-state index contributed by atoms with van der Waals surface area (Å²) in [5.41, 5.74) is 2.24. The zero-order valence-corrected chi connectivity index (χ0v) is 20.9. The second-order valence-electron chi connectivity index (χ2n) is 7.27. The molecule has 0 bridgehead atoms. The molecule has 9 heteroatoms. The topological polar surface area (TPSA) is 84.9 Å². The summed E-state index contributed by atoms with van der Waals surface area (Å²) >= 11 is 3.33. The van der Waals surface area contributed by atoms with Gasteiger partial charge in [0.15, 0.2) is 0 Å². The number of sulfonamides is 1. The molecule has 33 heavy (non-hydrogen) atoms. The maximum absolute atomic E-state index is 13.5. The first-order valence-electron chi connectivity index (χ1n) is 10.1. The number of hydrogen-bond donors (Lipinski definition) is 1. The van der Waals surface area contributed by atoms with E-state index in [0.717, 1.165) is 15.4 Å². The highest BCUT2D eigenvalue weighted by molar-refractivity contribution is 9.10. The van der Waals surface area contributed by atoms with Crippen molar-refractivity contribution in [3.8, 4) is 11.5 Å². The van der Waals surface area contributed by atoms with Crippen molar-refractivity contribution in [2.75, 3.05) is 25.1 Å². The minimum atomic E-state index is -4.03. The molecule has 0 spiro atoms. The van der Waals surface area contributed by atoms with Crippen molar-refractivity contribution in [2.45, 2.75) is 18.4 Å². The number of benzene rings is 3. The van der Waals surface area contributed by atoms with E-state index in [1.807, 2.05) is 19.1 Å². The molecule has 174 valence electrons. The standard InChI is InChI=1S/C24H25BrN2O5S/c1-17-4-8-19(9-5-17)27(33(29,30)21-12-13-23(32-3)22(25)14-21)16-24(28)26-15-18-6-10-20(31-2)11-7-18/h4-14H,15-16H2,1-3H3,(H,26,28). The van der Waals surface area contributed by atoms with Gasteiger partial charge in [-0.05, 0) is 70.9 Å². The minimum Gasteiger partial charge on any atom is -0.497 e. The van der Waals surface area contributed by atoms with Gasteiger partial charge in [-0.2, -0.15) is 0 Å². The van der Waals surface area contributed by atoms with E-state index < -0.39 is 15.9 Å². The van der Waals surface area contributed by atoms with Gasteiger partial charge in [-0.1, -0.05) is 29.8 Å². The van der Waals surface area contributed by atoms with Gasteiger partial charge in [0.2, 0.25) is 5.91 Å². The minimum absolute atomic E-state index is 0.0405. The van der Waals surface area contributed by atoms with Crippen molar-refractivity contribution in [1.29, 1.82) is 0 Å². The average molecular weight is 533 g/mol. The van der Waals surface area contributed by atoms with Gasteiger partial charge in [0.25, 0.3) is 10.0 Å². The van der Waals surface area contributed by atoms with Gasteiger partial charge < -0.3 is 14.8 Å². The van der Waals surface area contributed by atoms with Crippen molar-refractivity contribution < 1.29 is 22.7 Å². The molecule has 1 amide bonds. The van der Waals surface area contributed by atoms with Crippen LogP contribution in [0.4, 0.5) is 5.69 Å². The lowest BCUT2D eigenvalue weighted by Gasteiger charge is -2.24. The highest BCUT2D eigenvalue weighted by atomic mass is 79.9. The molecule has 3 aromatic rings. The number of carbonyl (C=O) groups is 1. The van der Waals surface area contributed by atoms with E-state index in [0.29, 0.717) is 21.7 Å². The molecule has 0 heterocycles. The van der Waals surface area contributed by atoms with Crippen LogP contribution in [0.2, 0.25) is 0 Å². The largest absolute Gasteiger partial charge is 0.497 e.